The molecule has 0 aromatic carbocycles. The van der Waals surface area contributed by atoms with Gasteiger partial charge in [-0.15, -0.1) is 5.10 Å². The molecule has 168 valence electrons. The highest BCUT2D eigenvalue weighted by Gasteiger charge is 2.50. The molecule has 2 fully saturated rings. The first kappa shape index (κ1) is 20.7. The molecule has 2 unspecified atom stereocenters. The van der Waals surface area contributed by atoms with Gasteiger partial charge in [0.15, 0.2) is 5.82 Å². The second-order valence-corrected chi connectivity index (χ2v) is 8.66. The Morgan fingerprint density at radius 1 is 1.22 bits per heavy atom. The van der Waals surface area contributed by atoms with Gasteiger partial charge < -0.3 is 19.6 Å². The van der Waals surface area contributed by atoms with Crippen LogP contribution in [-0.2, 0) is 14.3 Å². The molecule has 11 heteroatoms. The van der Waals surface area contributed by atoms with Gasteiger partial charge in [0, 0.05) is 30.9 Å². The molecule has 3 aliphatic heterocycles. The fraction of sp³-hybridized carbons (Fsp3) is 0.524. The van der Waals surface area contributed by atoms with Crippen LogP contribution in [0.15, 0.2) is 36.4 Å². The number of carbonyl (C=O) groups excluding carboxylic acids is 2. The number of carbonyl (C=O) groups is 2. The normalized spacial score (nSPS) is 24.1. The first-order valence-electron chi connectivity index (χ1n) is 10.8. The third kappa shape index (κ3) is 3.67. The number of piperidine rings is 1. The molecule has 1 amide bonds. The molecular weight excluding hydrogens is 414 g/mol. The molecule has 2 aromatic heterocycles. The molecule has 32 heavy (non-hydrogen) atoms. The molecule has 0 bridgehead atoms. The summed E-state index contributed by atoms with van der Waals surface area (Å²) >= 11 is 0. The number of hydrogen-bond donors (Lipinski definition) is 1. The van der Waals surface area contributed by atoms with E-state index in [9.17, 15) is 14.7 Å². The number of aromatic nitrogens is 5. The predicted molar refractivity (Wildman–Crippen MR) is 110 cm³/mol. The van der Waals surface area contributed by atoms with Crippen molar-refractivity contribution in [1.82, 2.24) is 35.0 Å². The van der Waals surface area contributed by atoms with Crippen LogP contribution >= 0.6 is 0 Å². The van der Waals surface area contributed by atoms with E-state index in [2.05, 4.69) is 25.4 Å². The van der Waals surface area contributed by atoms with Crippen LogP contribution < -0.4 is 0 Å². The lowest BCUT2D eigenvalue weighted by atomic mass is 9.77. The van der Waals surface area contributed by atoms with E-state index in [1.807, 2.05) is 6.07 Å². The summed E-state index contributed by atoms with van der Waals surface area (Å²) in [6.45, 7) is 4.36. The van der Waals surface area contributed by atoms with Gasteiger partial charge in [0.05, 0.1) is 17.2 Å². The minimum Gasteiger partial charge on any atom is -0.453 e. The van der Waals surface area contributed by atoms with Gasteiger partial charge in [-0.25, -0.2) is 9.78 Å². The van der Waals surface area contributed by atoms with E-state index in [-0.39, 0.29) is 23.4 Å². The number of ether oxygens (including phenoxy) is 1. The number of pyridine rings is 1. The SMILES string of the molecule is CC1OC(=O)C=C1N1CCC2(CCN(CC(O)c3ccc(-n4cnnn4)nc3)CC2)C1=O. The van der Waals surface area contributed by atoms with Gasteiger partial charge >= 0.3 is 5.97 Å². The topological polar surface area (TPSA) is 127 Å². The first-order chi connectivity index (χ1) is 15.4. The van der Waals surface area contributed by atoms with Crippen LogP contribution in [0.1, 0.15) is 37.9 Å². The molecule has 2 saturated heterocycles. The standard InChI is InChI=1S/C21H25N7O4/c1-14-16(10-19(30)32-14)27-9-6-21(20(27)31)4-7-26(8-5-21)12-17(29)15-2-3-18(22-11-15)28-13-23-24-25-28/h2-3,10-11,13-14,17,29H,4-9,12H2,1H3. The van der Waals surface area contributed by atoms with E-state index < -0.39 is 6.10 Å². The Balaban J connectivity index is 1.18. The van der Waals surface area contributed by atoms with Gasteiger partial charge in [-0.2, -0.15) is 4.68 Å². The zero-order chi connectivity index (χ0) is 22.3. The van der Waals surface area contributed by atoms with Gasteiger partial charge in [-0.3, -0.25) is 4.79 Å². The van der Waals surface area contributed by atoms with Gasteiger partial charge in [0.2, 0.25) is 5.91 Å². The second kappa shape index (κ2) is 8.06. The molecular formula is C21H25N7O4. The summed E-state index contributed by atoms with van der Waals surface area (Å²) in [5, 5.41) is 21.7. The van der Waals surface area contributed by atoms with Crippen molar-refractivity contribution in [1.29, 1.82) is 0 Å². The molecule has 0 saturated carbocycles. The summed E-state index contributed by atoms with van der Waals surface area (Å²) in [4.78, 5) is 33.0. The minimum absolute atomic E-state index is 0.0940. The van der Waals surface area contributed by atoms with Crippen molar-refractivity contribution in [2.24, 2.45) is 5.41 Å². The smallest absolute Gasteiger partial charge is 0.333 e. The van der Waals surface area contributed by atoms with Gasteiger partial charge in [0.25, 0.3) is 0 Å². The lowest BCUT2D eigenvalue weighted by Gasteiger charge is -2.38. The Kier molecular flexibility index (Phi) is 5.22. The maximum atomic E-state index is 13.2. The Morgan fingerprint density at radius 2 is 2.00 bits per heavy atom. The number of hydrogen-bond acceptors (Lipinski definition) is 9. The van der Waals surface area contributed by atoms with Crippen molar-refractivity contribution >= 4 is 11.9 Å². The number of rotatable bonds is 5. The summed E-state index contributed by atoms with van der Waals surface area (Å²) in [5.41, 5.74) is 1.01. The monoisotopic (exact) mass is 439 g/mol. The number of nitrogens with zero attached hydrogens (tertiary/aromatic N) is 7. The van der Waals surface area contributed by atoms with Gasteiger partial charge in [-0.05, 0) is 55.8 Å². The molecule has 0 aliphatic carbocycles. The summed E-state index contributed by atoms with van der Waals surface area (Å²) in [6.07, 6.45) is 5.73. The van der Waals surface area contributed by atoms with Crippen molar-refractivity contribution in [3.05, 3.63) is 42.0 Å². The zero-order valence-electron chi connectivity index (χ0n) is 17.8. The number of tetrazole rings is 1. The van der Waals surface area contributed by atoms with Crippen LogP contribution in [-0.4, -0.2) is 84.3 Å². The summed E-state index contributed by atoms with van der Waals surface area (Å²) in [7, 11) is 0. The maximum Gasteiger partial charge on any atom is 0.333 e. The molecule has 3 aliphatic rings. The zero-order valence-corrected chi connectivity index (χ0v) is 17.8. The van der Waals surface area contributed by atoms with Crippen LogP contribution in [0.4, 0.5) is 0 Å². The predicted octanol–water partition coefficient (Wildman–Crippen LogP) is 0.234. The molecule has 1 N–H and O–H groups in total. The van der Waals surface area contributed by atoms with Crippen LogP contribution in [0.3, 0.4) is 0 Å². The average Bonchev–Trinajstić information content (AvgIpc) is 3.51. The maximum absolute atomic E-state index is 13.2. The Morgan fingerprint density at radius 3 is 2.62 bits per heavy atom. The van der Waals surface area contributed by atoms with E-state index in [0.717, 1.165) is 37.9 Å². The van der Waals surface area contributed by atoms with Crippen LogP contribution in [0.25, 0.3) is 5.82 Å². The van der Waals surface area contributed by atoms with E-state index in [1.165, 1.54) is 17.1 Å². The fourth-order valence-corrected chi connectivity index (χ4v) is 4.84. The van der Waals surface area contributed by atoms with Crippen LogP contribution in [0.5, 0.6) is 0 Å². The highest BCUT2D eigenvalue weighted by Crippen LogP contribution is 2.44. The quantitative estimate of drug-likeness (QED) is 0.652. The van der Waals surface area contributed by atoms with Crippen LogP contribution in [0, 0.1) is 5.41 Å². The lowest BCUT2D eigenvalue weighted by molar-refractivity contribution is -0.141. The number of cyclic esters (lactones) is 1. The van der Waals surface area contributed by atoms with Gasteiger partial charge in [-0.1, -0.05) is 6.07 Å². The third-order valence-corrected chi connectivity index (χ3v) is 6.78. The highest BCUT2D eigenvalue weighted by molar-refractivity contribution is 5.91. The molecule has 0 radical (unpaired) electrons. The summed E-state index contributed by atoms with van der Waals surface area (Å²) < 4.78 is 6.61. The fourth-order valence-electron chi connectivity index (χ4n) is 4.84. The molecule has 2 aromatic rings. The molecule has 5 heterocycles. The molecule has 1 spiro atoms. The largest absolute Gasteiger partial charge is 0.453 e. The Hall–Kier alpha value is -3.18. The third-order valence-electron chi connectivity index (χ3n) is 6.78. The van der Waals surface area contributed by atoms with Crippen molar-refractivity contribution < 1.29 is 19.4 Å². The summed E-state index contributed by atoms with van der Waals surface area (Å²) in [6, 6.07) is 3.58. The number of amides is 1. The van der Waals surface area contributed by atoms with Crippen molar-refractivity contribution in [3.8, 4) is 5.82 Å². The number of esters is 1. The van der Waals surface area contributed by atoms with Crippen molar-refractivity contribution in [2.75, 3.05) is 26.2 Å². The van der Waals surface area contributed by atoms with Crippen LogP contribution in [0.2, 0.25) is 0 Å². The average molecular weight is 439 g/mol. The number of aliphatic hydroxyl groups is 1. The lowest BCUT2D eigenvalue weighted by Crippen LogP contribution is -2.45. The first-order valence-corrected chi connectivity index (χ1v) is 10.8. The summed E-state index contributed by atoms with van der Waals surface area (Å²) in [5.74, 6) is 0.288. The van der Waals surface area contributed by atoms with E-state index >= 15 is 0 Å². The van der Waals surface area contributed by atoms with Crippen molar-refractivity contribution in [3.63, 3.8) is 0 Å². The number of likely N-dealkylation sites (tertiary alicyclic amines) is 2. The highest BCUT2D eigenvalue weighted by atomic mass is 16.5. The van der Waals surface area contributed by atoms with Crippen molar-refractivity contribution in [2.45, 2.75) is 38.4 Å². The van der Waals surface area contributed by atoms with Gasteiger partial charge in [0.1, 0.15) is 12.4 Å². The van der Waals surface area contributed by atoms with E-state index in [0.29, 0.717) is 24.6 Å². The van der Waals surface area contributed by atoms with E-state index in [4.69, 9.17) is 4.74 Å². The van der Waals surface area contributed by atoms with E-state index in [1.54, 1.807) is 24.1 Å². The minimum atomic E-state index is -0.678. The Bertz CT molecular complexity index is 1030. The number of β-amino-alcohol motifs (C(OH)–C–C–N with tert-alkyl or cyclic N) is 1. The molecule has 5 rings (SSSR count). The Labute approximate surface area is 184 Å². The molecule has 11 nitrogen and oxygen atoms in total. The second-order valence-electron chi connectivity index (χ2n) is 8.66. The number of aliphatic hydroxyl groups excluding tert-OH is 1. The molecule has 2 atom stereocenters.